The lowest BCUT2D eigenvalue weighted by atomic mass is 10.4. The fourth-order valence-corrected chi connectivity index (χ4v) is 1.53. The summed E-state index contributed by atoms with van der Waals surface area (Å²) in [7, 11) is 0. The number of carbonyl (C=O) groups is 1. The average Bonchev–Trinajstić information content (AvgIpc) is 2.82. The van der Waals surface area contributed by atoms with E-state index in [2.05, 4.69) is 0 Å². The minimum absolute atomic E-state index is 0.306. The molecule has 1 aromatic rings. The molecule has 1 saturated heterocycles. The number of hydrogen-bond acceptors (Lipinski definition) is 4. The highest BCUT2D eigenvalue weighted by Gasteiger charge is 2.21. The second kappa shape index (κ2) is 3.72. The molecule has 1 amide bonds. The van der Waals surface area contributed by atoms with Gasteiger partial charge in [-0.1, -0.05) is 0 Å². The summed E-state index contributed by atoms with van der Waals surface area (Å²) in [6.45, 7) is 1.31. The first-order valence-corrected chi connectivity index (χ1v) is 4.75. The van der Waals surface area contributed by atoms with Gasteiger partial charge in [-0.15, -0.1) is 4.73 Å². The van der Waals surface area contributed by atoms with Gasteiger partial charge < -0.3 is 20.0 Å². The molecule has 15 heavy (non-hydrogen) atoms. The molecule has 1 fully saturated rings. The predicted molar refractivity (Wildman–Crippen MR) is 50.5 cm³/mol. The van der Waals surface area contributed by atoms with Gasteiger partial charge in [-0.05, 0) is 12.8 Å². The zero-order valence-electron chi connectivity index (χ0n) is 8.09. The maximum absolute atomic E-state index is 11.5. The topological polar surface area (TPSA) is 74.9 Å². The molecule has 1 aromatic heterocycles. The van der Waals surface area contributed by atoms with E-state index in [0.29, 0.717) is 17.8 Å². The van der Waals surface area contributed by atoms with E-state index in [-0.39, 0.29) is 11.8 Å². The Labute approximate surface area is 86.2 Å². The molecule has 0 aliphatic carbocycles. The molecule has 0 aromatic carbocycles. The fourth-order valence-electron chi connectivity index (χ4n) is 1.53. The van der Waals surface area contributed by atoms with E-state index in [4.69, 9.17) is 4.84 Å². The minimum Gasteiger partial charge on any atom is -0.492 e. The average molecular weight is 212 g/mol. The van der Waals surface area contributed by atoms with Crippen LogP contribution in [0.5, 0.6) is 11.8 Å². The van der Waals surface area contributed by atoms with E-state index in [9.17, 15) is 15.0 Å². The van der Waals surface area contributed by atoms with E-state index in [1.807, 2.05) is 0 Å². The van der Waals surface area contributed by atoms with Gasteiger partial charge in [-0.3, -0.25) is 0 Å². The van der Waals surface area contributed by atoms with Crippen LogP contribution in [0.25, 0.3) is 0 Å². The summed E-state index contributed by atoms with van der Waals surface area (Å²) < 4.78 is 0.695. The van der Waals surface area contributed by atoms with Crippen LogP contribution >= 0.6 is 0 Å². The van der Waals surface area contributed by atoms with Crippen LogP contribution in [0.4, 0.5) is 4.79 Å². The third-order valence-electron chi connectivity index (χ3n) is 2.33. The Morgan fingerprint density at radius 3 is 2.27 bits per heavy atom. The molecule has 0 bridgehead atoms. The van der Waals surface area contributed by atoms with Crippen molar-refractivity contribution in [1.29, 1.82) is 0 Å². The lowest BCUT2D eigenvalue weighted by Crippen LogP contribution is -2.34. The molecule has 6 heteroatoms. The summed E-state index contributed by atoms with van der Waals surface area (Å²) in [4.78, 5) is 17.8. The first kappa shape index (κ1) is 9.70. The maximum Gasteiger partial charge on any atom is 0.434 e. The Kier molecular flexibility index (Phi) is 2.40. The van der Waals surface area contributed by atoms with Gasteiger partial charge >= 0.3 is 6.09 Å². The molecule has 82 valence electrons. The Balaban J connectivity index is 2.05. The highest BCUT2D eigenvalue weighted by Crippen LogP contribution is 2.19. The van der Waals surface area contributed by atoms with Crippen molar-refractivity contribution in [2.75, 3.05) is 13.1 Å². The third-order valence-corrected chi connectivity index (χ3v) is 2.33. The number of aromatic nitrogens is 1. The number of hydrogen-bond donors (Lipinski definition) is 2. The van der Waals surface area contributed by atoms with Crippen molar-refractivity contribution < 1.29 is 19.8 Å². The van der Waals surface area contributed by atoms with Gasteiger partial charge in [0.05, 0.1) is 0 Å². The lowest BCUT2D eigenvalue weighted by Gasteiger charge is -2.15. The van der Waals surface area contributed by atoms with Crippen molar-refractivity contribution in [2.24, 2.45) is 0 Å². The molecule has 1 aliphatic rings. The molecule has 2 heterocycles. The van der Waals surface area contributed by atoms with Crippen LogP contribution in [0.3, 0.4) is 0 Å². The summed E-state index contributed by atoms with van der Waals surface area (Å²) in [5.74, 6) is -0.611. The second-order valence-electron chi connectivity index (χ2n) is 3.40. The molecular weight excluding hydrogens is 200 g/mol. The molecule has 0 atom stereocenters. The van der Waals surface area contributed by atoms with E-state index in [1.54, 1.807) is 0 Å². The Bertz CT molecular complexity index is 349. The molecule has 0 unspecified atom stereocenters. The quantitative estimate of drug-likeness (QED) is 0.712. The van der Waals surface area contributed by atoms with Crippen molar-refractivity contribution in [3.8, 4) is 11.8 Å². The summed E-state index contributed by atoms with van der Waals surface area (Å²) in [5.41, 5.74) is 0. The van der Waals surface area contributed by atoms with Gasteiger partial charge in [0.2, 0.25) is 11.8 Å². The largest absolute Gasteiger partial charge is 0.492 e. The molecular formula is C9H12N2O4. The van der Waals surface area contributed by atoms with Crippen LogP contribution in [-0.2, 0) is 0 Å². The van der Waals surface area contributed by atoms with Crippen LogP contribution in [0, 0.1) is 0 Å². The number of carbonyl (C=O) groups excluding carboxylic acids is 1. The summed E-state index contributed by atoms with van der Waals surface area (Å²) in [6.07, 6.45) is 1.35. The van der Waals surface area contributed by atoms with Gasteiger partial charge in [-0.25, -0.2) is 4.79 Å². The van der Waals surface area contributed by atoms with Gasteiger partial charge in [0.1, 0.15) is 0 Å². The molecule has 2 rings (SSSR count). The highest BCUT2D eigenvalue weighted by molar-refractivity contribution is 5.68. The molecule has 0 spiro atoms. The molecule has 2 N–H and O–H groups in total. The van der Waals surface area contributed by atoms with Crippen molar-refractivity contribution in [3.63, 3.8) is 0 Å². The monoisotopic (exact) mass is 212 g/mol. The van der Waals surface area contributed by atoms with Crippen LogP contribution < -0.4 is 4.84 Å². The normalized spacial score (nSPS) is 15.6. The lowest BCUT2D eigenvalue weighted by molar-refractivity contribution is 0.0806. The van der Waals surface area contributed by atoms with Gasteiger partial charge in [0.25, 0.3) is 0 Å². The van der Waals surface area contributed by atoms with Crippen molar-refractivity contribution >= 4 is 6.09 Å². The van der Waals surface area contributed by atoms with Crippen LogP contribution in [0.2, 0.25) is 0 Å². The van der Waals surface area contributed by atoms with Crippen LogP contribution in [-0.4, -0.2) is 39.0 Å². The van der Waals surface area contributed by atoms with Gasteiger partial charge in [-0.2, -0.15) is 0 Å². The zero-order chi connectivity index (χ0) is 10.8. The smallest absolute Gasteiger partial charge is 0.434 e. The molecule has 0 saturated carbocycles. The van der Waals surface area contributed by atoms with E-state index < -0.39 is 6.09 Å². The van der Waals surface area contributed by atoms with Gasteiger partial charge in [0.15, 0.2) is 0 Å². The van der Waals surface area contributed by atoms with E-state index in [0.717, 1.165) is 12.8 Å². The molecule has 6 nitrogen and oxygen atoms in total. The molecule has 0 radical (unpaired) electrons. The highest BCUT2D eigenvalue weighted by atomic mass is 16.7. The Morgan fingerprint density at radius 2 is 1.73 bits per heavy atom. The third kappa shape index (κ3) is 1.83. The number of likely N-dealkylation sites (tertiary alicyclic amines) is 1. The van der Waals surface area contributed by atoms with E-state index in [1.165, 1.54) is 17.0 Å². The fraction of sp³-hybridized carbons (Fsp3) is 0.444. The SMILES string of the molecule is O=C(On1c(O)ccc1O)N1CCCC1. The summed E-state index contributed by atoms with van der Waals surface area (Å²) in [6, 6.07) is 2.49. The van der Waals surface area contributed by atoms with Crippen LogP contribution in [0.15, 0.2) is 12.1 Å². The summed E-state index contributed by atoms with van der Waals surface area (Å²) >= 11 is 0. The van der Waals surface area contributed by atoms with E-state index >= 15 is 0 Å². The Morgan fingerprint density at radius 1 is 1.20 bits per heavy atom. The maximum atomic E-state index is 11.5. The zero-order valence-corrected chi connectivity index (χ0v) is 8.09. The number of amides is 1. The first-order chi connectivity index (χ1) is 7.18. The second-order valence-corrected chi connectivity index (χ2v) is 3.40. The standard InChI is InChI=1S/C9H12N2O4/c12-7-3-4-8(13)11(7)15-9(14)10-5-1-2-6-10/h3-4,12-13H,1-2,5-6H2. The Hall–Kier alpha value is -1.85. The number of rotatable bonds is 1. The van der Waals surface area contributed by atoms with Crippen molar-refractivity contribution in [1.82, 2.24) is 9.63 Å². The predicted octanol–water partition coefficient (Wildman–Crippen LogP) is 0.544. The van der Waals surface area contributed by atoms with Crippen LogP contribution in [0.1, 0.15) is 12.8 Å². The minimum atomic E-state index is -0.561. The summed E-state index contributed by atoms with van der Waals surface area (Å²) in [5, 5.41) is 18.5. The van der Waals surface area contributed by atoms with Crippen molar-refractivity contribution in [3.05, 3.63) is 12.1 Å². The molecule has 1 aliphatic heterocycles. The van der Waals surface area contributed by atoms with Crippen molar-refractivity contribution in [2.45, 2.75) is 12.8 Å². The number of nitrogens with zero attached hydrogens (tertiary/aromatic N) is 2. The number of aromatic hydroxyl groups is 2. The first-order valence-electron chi connectivity index (χ1n) is 4.75. The van der Waals surface area contributed by atoms with Gasteiger partial charge in [0, 0.05) is 25.2 Å².